The molecule has 1 fully saturated rings. The van der Waals surface area contributed by atoms with Crippen LogP contribution in [-0.4, -0.2) is 31.3 Å². The molecule has 1 atom stereocenters. The van der Waals surface area contributed by atoms with E-state index in [-0.39, 0.29) is 18.5 Å². The van der Waals surface area contributed by atoms with E-state index in [1.54, 1.807) is 12.1 Å². The van der Waals surface area contributed by atoms with Gasteiger partial charge in [-0.25, -0.2) is 4.39 Å². The summed E-state index contributed by atoms with van der Waals surface area (Å²) in [7, 11) is 0. The first-order valence-corrected chi connectivity index (χ1v) is 8.05. The zero-order valence-electron chi connectivity index (χ0n) is 13.1. The van der Waals surface area contributed by atoms with E-state index >= 15 is 0 Å². The quantitative estimate of drug-likeness (QED) is 0.846. The van der Waals surface area contributed by atoms with Crippen LogP contribution in [0.2, 0.25) is 0 Å². The average molecular weight is 294 g/mol. The van der Waals surface area contributed by atoms with Crippen molar-refractivity contribution in [1.29, 1.82) is 0 Å². The Balaban J connectivity index is 2.17. The van der Waals surface area contributed by atoms with Gasteiger partial charge in [0.1, 0.15) is 5.82 Å². The Morgan fingerprint density at radius 3 is 2.71 bits per heavy atom. The summed E-state index contributed by atoms with van der Waals surface area (Å²) >= 11 is 0. The fourth-order valence-electron chi connectivity index (χ4n) is 3.05. The van der Waals surface area contributed by atoms with E-state index in [9.17, 15) is 9.50 Å². The predicted molar refractivity (Wildman–Crippen MR) is 85.1 cm³/mol. The van der Waals surface area contributed by atoms with Crippen molar-refractivity contribution in [3.8, 4) is 0 Å². The largest absolute Gasteiger partial charge is 0.396 e. The lowest BCUT2D eigenvalue weighted by Gasteiger charge is -2.35. The number of rotatable bonds is 6. The zero-order chi connectivity index (χ0) is 15.2. The Morgan fingerprint density at radius 2 is 2.10 bits per heavy atom. The smallest absolute Gasteiger partial charge is 0.130 e. The highest BCUT2D eigenvalue weighted by Gasteiger charge is 2.23. The third-order valence-corrected chi connectivity index (χ3v) is 4.38. The molecule has 1 saturated heterocycles. The zero-order valence-corrected chi connectivity index (χ0v) is 13.1. The SMILES string of the molecule is CCCNC(C)c1c(F)cccc1N1CCC(CO)CC1. The number of piperidine rings is 1. The molecule has 3 nitrogen and oxygen atoms in total. The number of nitrogens with one attached hydrogen (secondary N) is 1. The van der Waals surface area contributed by atoms with E-state index < -0.39 is 0 Å². The van der Waals surface area contributed by atoms with Gasteiger partial charge in [-0.05, 0) is 50.8 Å². The van der Waals surface area contributed by atoms with Gasteiger partial charge in [0.2, 0.25) is 0 Å². The molecule has 1 aromatic rings. The van der Waals surface area contributed by atoms with E-state index in [4.69, 9.17) is 0 Å². The topological polar surface area (TPSA) is 35.5 Å². The highest BCUT2D eigenvalue weighted by atomic mass is 19.1. The van der Waals surface area contributed by atoms with Crippen LogP contribution >= 0.6 is 0 Å². The van der Waals surface area contributed by atoms with Crippen molar-refractivity contribution in [2.24, 2.45) is 5.92 Å². The molecule has 1 aliphatic heterocycles. The number of aliphatic hydroxyl groups excluding tert-OH is 1. The predicted octanol–water partition coefficient (Wildman–Crippen LogP) is 3.10. The highest BCUT2D eigenvalue weighted by molar-refractivity contribution is 5.55. The molecule has 1 heterocycles. The molecule has 0 aromatic heterocycles. The monoisotopic (exact) mass is 294 g/mol. The lowest BCUT2D eigenvalue weighted by molar-refractivity contribution is 0.203. The van der Waals surface area contributed by atoms with E-state index in [0.717, 1.165) is 50.1 Å². The number of halogens is 1. The maximum atomic E-state index is 14.3. The van der Waals surface area contributed by atoms with E-state index in [0.29, 0.717) is 5.92 Å². The second-order valence-electron chi connectivity index (χ2n) is 5.96. The highest BCUT2D eigenvalue weighted by Crippen LogP contribution is 2.31. The molecule has 1 aromatic carbocycles. The van der Waals surface area contributed by atoms with Crippen LogP contribution in [0.25, 0.3) is 0 Å². The van der Waals surface area contributed by atoms with Crippen LogP contribution < -0.4 is 10.2 Å². The molecular weight excluding hydrogens is 267 g/mol. The summed E-state index contributed by atoms with van der Waals surface area (Å²) in [6.07, 6.45) is 2.99. The van der Waals surface area contributed by atoms with Gasteiger partial charge in [0.25, 0.3) is 0 Å². The first kappa shape index (κ1) is 16.2. The minimum Gasteiger partial charge on any atom is -0.396 e. The molecule has 0 radical (unpaired) electrons. The normalized spacial score (nSPS) is 18.0. The van der Waals surface area contributed by atoms with Gasteiger partial charge in [-0.3, -0.25) is 0 Å². The molecule has 0 aliphatic carbocycles. The number of aliphatic hydroxyl groups is 1. The van der Waals surface area contributed by atoms with Crippen molar-refractivity contribution in [1.82, 2.24) is 5.32 Å². The number of anilines is 1. The van der Waals surface area contributed by atoms with E-state index in [1.165, 1.54) is 0 Å². The molecule has 0 saturated carbocycles. The van der Waals surface area contributed by atoms with Crippen LogP contribution in [0.4, 0.5) is 10.1 Å². The van der Waals surface area contributed by atoms with Gasteiger partial charge in [-0.1, -0.05) is 13.0 Å². The Labute approximate surface area is 127 Å². The minimum absolute atomic E-state index is 0.0108. The van der Waals surface area contributed by atoms with Crippen molar-refractivity contribution < 1.29 is 9.50 Å². The fraction of sp³-hybridized carbons (Fsp3) is 0.647. The van der Waals surface area contributed by atoms with Gasteiger partial charge in [-0.2, -0.15) is 0 Å². The van der Waals surface area contributed by atoms with Crippen molar-refractivity contribution in [3.05, 3.63) is 29.6 Å². The number of hydrogen-bond donors (Lipinski definition) is 2. The summed E-state index contributed by atoms with van der Waals surface area (Å²) in [5, 5.41) is 12.6. The Bertz CT molecular complexity index is 444. The van der Waals surface area contributed by atoms with Crippen molar-refractivity contribution in [2.75, 3.05) is 31.1 Å². The summed E-state index contributed by atoms with van der Waals surface area (Å²) in [6, 6.07) is 5.36. The molecule has 0 spiro atoms. The van der Waals surface area contributed by atoms with Crippen LogP contribution in [0.1, 0.15) is 44.7 Å². The van der Waals surface area contributed by atoms with Gasteiger partial charge >= 0.3 is 0 Å². The second-order valence-corrected chi connectivity index (χ2v) is 5.96. The van der Waals surface area contributed by atoms with E-state index in [2.05, 4.69) is 17.1 Å². The Morgan fingerprint density at radius 1 is 1.38 bits per heavy atom. The molecule has 4 heteroatoms. The standard InChI is InChI=1S/C17H27FN2O/c1-3-9-19-13(2)17-15(18)5-4-6-16(17)20-10-7-14(12-21)8-11-20/h4-6,13-14,19,21H,3,7-12H2,1-2H3. The molecule has 2 N–H and O–H groups in total. The third-order valence-electron chi connectivity index (χ3n) is 4.38. The Kier molecular flexibility index (Phi) is 6.00. The summed E-state index contributed by atoms with van der Waals surface area (Å²) in [5.41, 5.74) is 1.77. The van der Waals surface area contributed by atoms with Gasteiger partial charge in [0.05, 0.1) is 0 Å². The van der Waals surface area contributed by atoms with Crippen molar-refractivity contribution >= 4 is 5.69 Å². The lowest BCUT2D eigenvalue weighted by atomic mass is 9.96. The molecule has 1 aliphatic rings. The van der Waals surface area contributed by atoms with Crippen LogP contribution in [0.3, 0.4) is 0 Å². The molecule has 118 valence electrons. The van der Waals surface area contributed by atoms with Gasteiger partial charge in [0.15, 0.2) is 0 Å². The fourth-order valence-corrected chi connectivity index (χ4v) is 3.05. The summed E-state index contributed by atoms with van der Waals surface area (Å²) in [5.74, 6) is 0.266. The van der Waals surface area contributed by atoms with Gasteiger partial charge in [0, 0.05) is 37.0 Å². The van der Waals surface area contributed by atoms with Gasteiger partial charge in [-0.15, -0.1) is 0 Å². The maximum absolute atomic E-state index is 14.3. The Hall–Kier alpha value is -1.13. The van der Waals surface area contributed by atoms with Crippen molar-refractivity contribution in [2.45, 2.75) is 39.2 Å². The minimum atomic E-state index is -0.132. The average Bonchev–Trinajstić information content (AvgIpc) is 2.52. The number of hydrogen-bond acceptors (Lipinski definition) is 3. The second kappa shape index (κ2) is 7.76. The summed E-state index contributed by atoms with van der Waals surface area (Å²) < 4.78 is 14.3. The van der Waals surface area contributed by atoms with Crippen LogP contribution in [-0.2, 0) is 0 Å². The van der Waals surface area contributed by atoms with Crippen LogP contribution in [0, 0.1) is 11.7 Å². The molecule has 0 bridgehead atoms. The molecule has 0 amide bonds. The first-order chi connectivity index (χ1) is 10.2. The third kappa shape index (κ3) is 3.95. The molecule has 2 rings (SSSR count). The van der Waals surface area contributed by atoms with Crippen LogP contribution in [0.5, 0.6) is 0 Å². The lowest BCUT2D eigenvalue weighted by Crippen LogP contribution is -2.36. The number of nitrogens with zero attached hydrogens (tertiary/aromatic N) is 1. The van der Waals surface area contributed by atoms with Crippen molar-refractivity contribution in [3.63, 3.8) is 0 Å². The maximum Gasteiger partial charge on any atom is 0.130 e. The molecular formula is C17H27FN2O. The van der Waals surface area contributed by atoms with E-state index in [1.807, 2.05) is 13.0 Å². The first-order valence-electron chi connectivity index (χ1n) is 8.05. The molecule has 21 heavy (non-hydrogen) atoms. The summed E-state index contributed by atoms with van der Waals surface area (Å²) in [6.45, 7) is 7.07. The number of benzene rings is 1. The van der Waals surface area contributed by atoms with Gasteiger partial charge < -0.3 is 15.3 Å². The summed E-state index contributed by atoms with van der Waals surface area (Å²) in [4.78, 5) is 2.26. The van der Waals surface area contributed by atoms with Crippen LogP contribution in [0.15, 0.2) is 18.2 Å². The molecule has 1 unspecified atom stereocenters.